The molecule has 1 saturated heterocycles. The molecule has 1 aliphatic heterocycles. The Morgan fingerprint density at radius 1 is 1.25 bits per heavy atom. The van der Waals surface area contributed by atoms with Gasteiger partial charge in [-0.2, -0.15) is 0 Å². The standard InChI is InChI=1S/C16H21FN2O4S/c1-12-3-2-8-19(9-12)16(21)11-24(22,23)10-15(20)18-14-6-4-13(17)5-7-14/h4-7,12H,2-3,8-11H2,1H3,(H,18,20). The van der Waals surface area contributed by atoms with Crippen molar-refractivity contribution in [3.05, 3.63) is 30.1 Å². The van der Waals surface area contributed by atoms with E-state index in [2.05, 4.69) is 5.32 Å². The lowest BCUT2D eigenvalue weighted by Crippen LogP contribution is -2.43. The zero-order chi connectivity index (χ0) is 17.7. The van der Waals surface area contributed by atoms with Crippen molar-refractivity contribution in [1.82, 2.24) is 4.90 Å². The lowest BCUT2D eigenvalue weighted by Gasteiger charge is -2.30. The predicted octanol–water partition coefficient (Wildman–Crippen LogP) is 1.44. The zero-order valence-electron chi connectivity index (χ0n) is 13.5. The third-order valence-corrected chi connectivity index (χ3v) is 5.22. The topological polar surface area (TPSA) is 83.6 Å². The minimum absolute atomic E-state index is 0.299. The summed E-state index contributed by atoms with van der Waals surface area (Å²) in [6.07, 6.45) is 1.88. The highest BCUT2D eigenvalue weighted by Crippen LogP contribution is 2.16. The van der Waals surface area contributed by atoms with E-state index in [0.29, 0.717) is 24.7 Å². The number of likely N-dealkylation sites (tertiary alicyclic amines) is 1. The van der Waals surface area contributed by atoms with Crippen molar-refractivity contribution < 1.29 is 22.4 Å². The highest BCUT2D eigenvalue weighted by molar-refractivity contribution is 7.92. The molecule has 1 N–H and O–H groups in total. The van der Waals surface area contributed by atoms with Gasteiger partial charge >= 0.3 is 0 Å². The van der Waals surface area contributed by atoms with Gasteiger partial charge in [-0.3, -0.25) is 9.59 Å². The number of sulfone groups is 1. The Morgan fingerprint density at radius 3 is 2.54 bits per heavy atom. The van der Waals surface area contributed by atoms with Crippen molar-refractivity contribution in [1.29, 1.82) is 0 Å². The maximum absolute atomic E-state index is 12.8. The fraction of sp³-hybridized carbons (Fsp3) is 0.500. The summed E-state index contributed by atoms with van der Waals surface area (Å²) in [5.74, 6) is -2.76. The number of hydrogen-bond acceptors (Lipinski definition) is 4. The molecule has 0 radical (unpaired) electrons. The van der Waals surface area contributed by atoms with E-state index in [-0.39, 0.29) is 0 Å². The van der Waals surface area contributed by atoms with Crippen molar-refractivity contribution >= 4 is 27.3 Å². The number of nitrogens with one attached hydrogen (secondary N) is 1. The molecular weight excluding hydrogens is 335 g/mol. The van der Waals surface area contributed by atoms with Crippen LogP contribution in [0.4, 0.5) is 10.1 Å². The van der Waals surface area contributed by atoms with Gasteiger partial charge in [-0.15, -0.1) is 0 Å². The number of anilines is 1. The van der Waals surface area contributed by atoms with Gasteiger partial charge < -0.3 is 10.2 Å². The molecule has 0 saturated carbocycles. The Morgan fingerprint density at radius 2 is 1.92 bits per heavy atom. The van der Waals surface area contributed by atoms with E-state index >= 15 is 0 Å². The van der Waals surface area contributed by atoms with Crippen LogP contribution in [0.25, 0.3) is 0 Å². The van der Waals surface area contributed by atoms with Crippen molar-refractivity contribution in [2.24, 2.45) is 5.92 Å². The lowest BCUT2D eigenvalue weighted by atomic mass is 10.0. The van der Waals surface area contributed by atoms with E-state index in [1.807, 2.05) is 6.92 Å². The van der Waals surface area contributed by atoms with Crippen LogP contribution < -0.4 is 5.32 Å². The molecule has 1 aliphatic rings. The van der Waals surface area contributed by atoms with E-state index in [9.17, 15) is 22.4 Å². The van der Waals surface area contributed by atoms with Crippen LogP contribution in [0.15, 0.2) is 24.3 Å². The summed E-state index contributed by atoms with van der Waals surface area (Å²) in [5, 5.41) is 2.38. The number of amides is 2. The molecule has 1 fully saturated rings. The van der Waals surface area contributed by atoms with Crippen LogP contribution in [-0.2, 0) is 19.4 Å². The Kier molecular flexibility index (Phi) is 5.93. The van der Waals surface area contributed by atoms with E-state index < -0.39 is 39.0 Å². The maximum atomic E-state index is 12.8. The number of carbonyl (C=O) groups is 2. The molecule has 1 unspecified atom stereocenters. The molecule has 8 heteroatoms. The second kappa shape index (κ2) is 7.74. The second-order valence-corrected chi connectivity index (χ2v) is 8.24. The number of benzene rings is 1. The molecule has 0 aliphatic carbocycles. The third-order valence-electron chi connectivity index (χ3n) is 3.83. The molecule has 1 aromatic rings. The third kappa shape index (κ3) is 5.59. The first-order valence-corrected chi connectivity index (χ1v) is 9.61. The fourth-order valence-electron chi connectivity index (χ4n) is 2.68. The van der Waals surface area contributed by atoms with Crippen molar-refractivity contribution in [2.45, 2.75) is 19.8 Å². The molecule has 1 atom stereocenters. The van der Waals surface area contributed by atoms with Gasteiger partial charge in [0.05, 0.1) is 0 Å². The number of piperidine rings is 1. The van der Waals surface area contributed by atoms with Gasteiger partial charge in [0, 0.05) is 18.8 Å². The number of halogens is 1. The lowest BCUT2D eigenvalue weighted by molar-refractivity contribution is -0.130. The second-order valence-electron chi connectivity index (χ2n) is 6.17. The van der Waals surface area contributed by atoms with Crippen LogP contribution in [0.2, 0.25) is 0 Å². The average molecular weight is 356 g/mol. The molecule has 6 nitrogen and oxygen atoms in total. The molecular formula is C16H21FN2O4S. The van der Waals surface area contributed by atoms with Crippen LogP contribution in [0, 0.1) is 11.7 Å². The number of hydrogen-bond donors (Lipinski definition) is 1. The molecule has 1 heterocycles. The summed E-state index contributed by atoms with van der Waals surface area (Å²) < 4.78 is 36.9. The van der Waals surface area contributed by atoms with Gasteiger partial charge in [0.15, 0.2) is 9.84 Å². The molecule has 2 amide bonds. The average Bonchev–Trinajstić information content (AvgIpc) is 2.48. The molecule has 0 aromatic heterocycles. The summed E-state index contributed by atoms with van der Waals surface area (Å²) in [5.41, 5.74) is 0.299. The van der Waals surface area contributed by atoms with Crippen LogP contribution >= 0.6 is 0 Å². The first-order chi connectivity index (χ1) is 11.2. The monoisotopic (exact) mass is 356 g/mol. The minimum Gasteiger partial charge on any atom is -0.342 e. The van der Waals surface area contributed by atoms with Gasteiger partial charge in [0.1, 0.15) is 17.3 Å². The summed E-state index contributed by atoms with van der Waals surface area (Å²) in [6.45, 7) is 3.13. The van der Waals surface area contributed by atoms with Gasteiger partial charge in [0.25, 0.3) is 0 Å². The summed E-state index contributed by atoms with van der Waals surface area (Å²) >= 11 is 0. The molecule has 132 valence electrons. The van der Waals surface area contributed by atoms with Crippen molar-refractivity contribution in [3.63, 3.8) is 0 Å². The quantitative estimate of drug-likeness (QED) is 0.865. The first kappa shape index (κ1) is 18.4. The van der Waals surface area contributed by atoms with E-state index in [1.54, 1.807) is 4.90 Å². The number of carbonyl (C=O) groups excluding carboxylic acids is 2. The molecule has 0 spiro atoms. The van der Waals surface area contributed by atoms with Gasteiger partial charge in [-0.1, -0.05) is 6.92 Å². The minimum atomic E-state index is -3.85. The fourth-order valence-corrected chi connectivity index (χ4v) is 3.81. The Bertz CT molecular complexity index is 703. The molecule has 1 aromatic carbocycles. The Balaban J connectivity index is 1.89. The van der Waals surface area contributed by atoms with Gasteiger partial charge in [0.2, 0.25) is 11.8 Å². The highest BCUT2D eigenvalue weighted by Gasteiger charge is 2.27. The first-order valence-electron chi connectivity index (χ1n) is 7.79. The molecule has 2 rings (SSSR count). The van der Waals surface area contributed by atoms with Crippen molar-refractivity contribution in [2.75, 3.05) is 29.9 Å². The van der Waals surface area contributed by atoms with Crippen LogP contribution in [0.1, 0.15) is 19.8 Å². The smallest absolute Gasteiger partial charge is 0.239 e. The SMILES string of the molecule is CC1CCCN(C(=O)CS(=O)(=O)CC(=O)Nc2ccc(F)cc2)C1. The maximum Gasteiger partial charge on any atom is 0.239 e. The molecule has 0 bridgehead atoms. The largest absolute Gasteiger partial charge is 0.342 e. The normalized spacial score (nSPS) is 18.2. The highest BCUT2D eigenvalue weighted by atomic mass is 32.2. The molecule has 24 heavy (non-hydrogen) atoms. The Hall–Kier alpha value is -1.96. The van der Waals surface area contributed by atoms with Crippen LogP contribution in [0.5, 0.6) is 0 Å². The predicted molar refractivity (Wildman–Crippen MR) is 88.7 cm³/mol. The van der Waals surface area contributed by atoms with Gasteiger partial charge in [-0.05, 0) is 43.0 Å². The van der Waals surface area contributed by atoms with Crippen LogP contribution in [-0.4, -0.2) is 49.7 Å². The summed E-state index contributed by atoms with van der Waals surface area (Å²) in [6, 6.07) is 4.98. The van der Waals surface area contributed by atoms with Crippen LogP contribution in [0.3, 0.4) is 0 Å². The number of nitrogens with zero attached hydrogens (tertiary/aromatic N) is 1. The zero-order valence-corrected chi connectivity index (χ0v) is 14.3. The van der Waals surface area contributed by atoms with E-state index in [0.717, 1.165) is 25.0 Å². The number of rotatable bonds is 5. The summed E-state index contributed by atoms with van der Waals surface area (Å²) in [7, 11) is -3.85. The summed E-state index contributed by atoms with van der Waals surface area (Å²) in [4.78, 5) is 25.5. The van der Waals surface area contributed by atoms with Crippen molar-refractivity contribution in [3.8, 4) is 0 Å². The van der Waals surface area contributed by atoms with E-state index in [1.165, 1.54) is 12.1 Å². The Labute approximate surface area is 140 Å². The van der Waals surface area contributed by atoms with Gasteiger partial charge in [-0.25, -0.2) is 12.8 Å². The van der Waals surface area contributed by atoms with E-state index in [4.69, 9.17) is 0 Å².